The lowest BCUT2D eigenvalue weighted by atomic mass is 9.89. The molecule has 3 aromatic rings. The molecule has 1 heterocycles. The maximum atomic E-state index is 10.1. The number of aromatic hydroxyl groups is 1. The van der Waals surface area contributed by atoms with Crippen LogP contribution in [0.3, 0.4) is 0 Å². The molecule has 1 aliphatic rings. The zero-order valence-corrected chi connectivity index (χ0v) is 15.4. The van der Waals surface area contributed by atoms with Crippen molar-refractivity contribution < 1.29 is 9.84 Å². The third kappa shape index (κ3) is 3.65. The maximum absolute atomic E-state index is 10.1. The molecule has 0 aromatic heterocycles. The van der Waals surface area contributed by atoms with Crippen molar-refractivity contribution in [3.8, 4) is 11.5 Å². The first-order chi connectivity index (χ1) is 12.2. The molecular weight excluding hydrogens is 378 g/mol. The first kappa shape index (κ1) is 16.4. The minimum atomic E-state index is 0.0411. The van der Waals surface area contributed by atoms with Gasteiger partial charge in [-0.3, -0.25) is 5.32 Å². The zero-order chi connectivity index (χ0) is 17.2. The maximum Gasteiger partial charge on any atom is 0.150 e. The van der Waals surface area contributed by atoms with Crippen LogP contribution in [0.4, 0.5) is 0 Å². The molecule has 2 N–H and O–H groups in total. The molecule has 4 rings (SSSR count). The summed E-state index contributed by atoms with van der Waals surface area (Å²) in [4.78, 5) is 0. The number of piperidine rings is 1. The summed E-state index contributed by atoms with van der Waals surface area (Å²) in [7, 11) is 0. The van der Waals surface area contributed by atoms with Gasteiger partial charge >= 0.3 is 0 Å². The van der Waals surface area contributed by atoms with Gasteiger partial charge in [0.1, 0.15) is 17.7 Å². The number of hydrogen-bond acceptors (Lipinski definition) is 3. The minimum Gasteiger partial charge on any atom is -0.507 e. The van der Waals surface area contributed by atoms with E-state index in [9.17, 15) is 5.11 Å². The van der Waals surface area contributed by atoms with Crippen LogP contribution in [0.25, 0.3) is 10.8 Å². The lowest BCUT2D eigenvalue weighted by Crippen LogP contribution is -2.41. The SMILES string of the molecule is Oc1cccc2ccc(C3CCC(Oc4cccc(Br)c4)NC3)cc12. The smallest absolute Gasteiger partial charge is 0.150 e. The molecule has 128 valence electrons. The normalized spacial score (nSPS) is 20.5. The van der Waals surface area contributed by atoms with Gasteiger partial charge in [0.05, 0.1) is 0 Å². The van der Waals surface area contributed by atoms with Crippen molar-refractivity contribution in [3.63, 3.8) is 0 Å². The molecule has 1 aliphatic heterocycles. The highest BCUT2D eigenvalue weighted by Gasteiger charge is 2.23. The average Bonchev–Trinajstić information content (AvgIpc) is 2.63. The number of fused-ring (bicyclic) bond motifs is 1. The predicted molar refractivity (Wildman–Crippen MR) is 104 cm³/mol. The van der Waals surface area contributed by atoms with Crippen molar-refractivity contribution in [2.75, 3.05) is 6.54 Å². The Kier molecular flexibility index (Phi) is 4.64. The molecule has 1 saturated heterocycles. The lowest BCUT2D eigenvalue weighted by Gasteiger charge is -2.30. The molecule has 0 amide bonds. The van der Waals surface area contributed by atoms with E-state index >= 15 is 0 Å². The van der Waals surface area contributed by atoms with E-state index in [0.29, 0.717) is 11.7 Å². The van der Waals surface area contributed by atoms with Crippen LogP contribution in [0.15, 0.2) is 65.1 Å². The Hall–Kier alpha value is -2.04. The van der Waals surface area contributed by atoms with Gasteiger partial charge in [0, 0.05) is 16.4 Å². The second-order valence-corrected chi connectivity index (χ2v) is 7.42. The second-order valence-electron chi connectivity index (χ2n) is 6.50. The Bertz CT molecular complexity index is 888. The molecule has 0 aliphatic carbocycles. The number of phenols is 1. The van der Waals surface area contributed by atoms with E-state index in [1.165, 1.54) is 5.56 Å². The van der Waals surface area contributed by atoms with Gasteiger partial charge < -0.3 is 9.84 Å². The highest BCUT2D eigenvalue weighted by atomic mass is 79.9. The fourth-order valence-corrected chi connectivity index (χ4v) is 3.83. The molecular formula is C21H20BrNO2. The van der Waals surface area contributed by atoms with Gasteiger partial charge in [-0.05, 0) is 60.0 Å². The summed E-state index contributed by atoms with van der Waals surface area (Å²) < 4.78 is 7.05. The van der Waals surface area contributed by atoms with E-state index in [1.54, 1.807) is 6.07 Å². The van der Waals surface area contributed by atoms with E-state index < -0.39 is 0 Å². The monoisotopic (exact) mass is 397 g/mol. The van der Waals surface area contributed by atoms with Crippen molar-refractivity contribution in [1.82, 2.24) is 5.32 Å². The van der Waals surface area contributed by atoms with Crippen molar-refractivity contribution in [2.45, 2.75) is 25.0 Å². The topological polar surface area (TPSA) is 41.5 Å². The quantitative estimate of drug-likeness (QED) is 0.639. The van der Waals surface area contributed by atoms with E-state index in [0.717, 1.165) is 40.4 Å². The Morgan fingerprint density at radius 1 is 1.00 bits per heavy atom. The summed E-state index contributed by atoms with van der Waals surface area (Å²) in [6.07, 6.45) is 2.06. The van der Waals surface area contributed by atoms with E-state index in [1.807, 2.05) is 36.4 Å². The molecule has 0 bridgehead atoms. The van der Waals surface area contributed by atoms with E-state index in [-0.39, 0.29) is 6.23 Å². The molecule has 25 heavy (non-hydrogen) atoms. The van der Waals surface area contributed by atoms with Gasteiger partial charge in [0.15, 0.2) is 0 Å². The number of halogens is 1. The Morgan fingerprint density at radius 2 is 1.88 bits per heavy atom. The molecule has 2 atom stereocenters. The highest BCUT2D eigenvalue weighted by molar-refractivity contribution is 9.10. The van der Waals surface area contributed by atoms with Crippen molar-refractivity contribution >= 4 is 26.7 Å². The summed E-state index contributed by atoms with van der Waals surface area (Å²) in [5.41, 5.74) is 1.27. The van der Waals surface area contributed by atoms with Crippen LogP contribution in [-0.4, -0.2) is 17.9 Å². The van der Waals surface area contributed by atoms with Crippen LogP contribution >= 0.6 is 15.9 Å². The van der Waals surface area contributed by atoms with E-state index in [2.05, 4.69) is 39.4 Å². The van der Waals surface area contributed by atoms with E-state index in [4.69, 9.17) is 4.74 Å². The summed E-state index contributed by atoms with van der Waals surface area (Å²) in [6, 6.07) is 20.0. The summed E-state index contributed by atoms with van der Waals surface area (Å²) >= 11 is 3.47. The van der Waals surface area contributed by atoms with Gasteiger partial charge in [0.25, 0.3) is 0 Å². The van der Waals surface area contributed by atoms with Crippen LogP contribution in [0.5, 0.6) is 11.5 Å². The van der Waals surface area contributed by atoms with Crippen molar-refractivity contribution in [3.05, 3.63) is 70.7 Å². The number of rotatable bonds is 3. The second kappa shape index (κ2) is 7.06. The number of nitrogens with one attached hydrogen (secondary N) is 1. The van der Waals surface area contributed by atoms with Crippen LogP contribution < -0.4 is 10.1 Å². The molecule has 0 spiro atoms. The number of phenolic OH excluding ortho intramolecular Hbond substituents is 1. The average molecular weight is 398 g/mol. The third-order valence-corrected chi connectivity index (χ3v) is 5.29. The molecule has 1 fully saturated rings. The van der Waals surface area contributed by atoms with Crippen LogP contribution in [0.1, 0.15) is 24.3 Å². The van der Waals surface area contributed by atoms with Crippen molar-refractivity contribution in [2.24, 2.45) is 0 Å². The minimum absolute atomic E-state index is 0.0411. The highest BCUT2D eigenvalue weighted by Crippen LogP contribution is 2.32. The summed E-state index contributed by atoms with van der Waals surface area (Å²) in [5, 5.41) is 15.6. The Balaban J connectivity index is 1.44. The van der Waals surface area contributed by atoms with Gasteiger partial charge in [-0.15, -0.1) is 0 Å². The number of benzene rings is 3. The summed E-state index contributed by atoms with van der Waals surface area (Å²) in [6.45, 7) is 0.873. The molecule has 0 radical (unpaired) electrons. The molecule has 4 heteroatoms. The fourth-order valence-electron chi connectivity index (χ4n) is 3.45. The first-order valence-corrected chi connectivity index (χ1v) is 9.35. The van der Waals surface area contributed by atoms with Gasteiger partial charge in [-0.1, -0.05) is 46.3 Å². The van der Waals surface area contributed by atoms with Crippen LogP contribution in [0, 0.1) is 0 Å². The standard InChI is InChI=1S/C21H20BrNO2/c22-17-4-2-5-18(12-17)25-21-10-9-16(13-23-21)15-8-7-14-3-1-6-20(24)19(14)11-15/h1-8,11-12,16,21,23-24H,9-10,13H2. The van der Waals surface area contributed by atoms with Crippen LogP contribution in [-0.2, 0) is 0 Å². The molecule has 3 aromatic carbocycles. The predicted octanol–water partition coefficient (Wildman–Crippen LogP) is 5.18. The molecule has 3 nitrogen and oxygen atoms in total. The number of hydrogen-bond donors (Lipinski definition) is 2. The zero-order valence-electron chi connectivity index (χ0n) is 13.8. The first-order valence-electron chi connectivity index (χ1n) is 8.56. The third-order valence-electron chi connectivity index (χ3n) is 4.80. The van der Waals surface area contributed by atoms with Gasteiger partial charge in [0.2, 0.25) is 0 Å². The summed E-state index contributed by atoms with van der Waals surface area (Å²) in [5.74, 6) is 1.66. The molecule has 2 unspecified atom stereocenters. The van der Waals surface area contributed by atoms with Gasteiger partial charge in [-0.2, -0.15) is 0 Å². The Morgan fingerprint density at radius 3 is 2.68 bits per heavy atom. The number of ether oxygens (including phenoxy) is 1. The van der Waals surface area contributed by atoms with Gasteiger partial charge in [-0.25, -0.2) is 0 Å². The molecule has 0 saturated carbocycles. The fraction of sp³-hybridized carbons (Fsp3) is 0.238. The Labute approximate surface area is 155 Å². The lowest BCUT2D eigenvalue weighted by molar-refractivity contribution is 0.125. The van der Waals surface area contributed by atoms with Crippen LogP contribution in [0.2, 0.25) is 0 Å². The largest absolute Gasteiger partial charge is 0.507 e. The van der Waals surface area contributed by atoms with Crippen molar-refractivity contribution in [1.29, 1.82) is 0 Å².